The van der Waals surface area contributed by atoms with Crippen LogP contribution in [0.2, 0.25) is 0 Å². The monoisotopic (exact) mass is 1240 g/mol. The van der Waals surface area contributed by atoms with Crippen LogP contribution < -0.4 is 77.9 Å². The zero-order chi connectivity index (χ0) is 65.9. The lowest BCUT2D eigenvalue weighted by atomic mass is 9.29. The third-order valence-electron chi connectivity index (χ3n) is 21.7. The van der Waals surface area contributed by atoms with Gasteiger partial charge in [-0.15, -0.1) is 0 Å². The molecule has 0 radical (unpaired) electrons. The number of benzene rings is 12. The largest absolute Gasteiger partial charge is 0.458 e. The van der Waals surface area contributed by atoms with Crippen LogP contribution in [0.25, 0.3) is 33.4 Å². The SMILES string of the molecule is Cc1cc(C)c(-c2cc3c4c(c2)Oc2cc5c(cc2B4c2ccccc2O3)B2c3cc4c(cc3Oc3cc(-c6c(C)cc(C)cc6C)cc(c32)N5c2c(C)cc(C)cc2C)N(c2c(C)cc(C)cc2C)c2cc(-c3c(C)cc(C)cc3C)cc3c2B4c2ccccc2O3)c(C)c1. The van der Waals surface area contributed by atoms with Crippen molar-refractivity contribution in [2.45, 2.75) is 104 Å². The molecule has 0 saturated carbocycles. The van der Waals surface area contributed by atoms with Gasteiger partial charge in [-0.3, -0.25) is 0 Å². The molecule has 6 heterocycles. The predicted molar refractivity (Wildman–Crippen MR) is 403 cm³/mol. The van der Waals surface area contributed by atoms with Gasteiger partial charge in [0.1, 0.15) is 46.0 Å². The second-order valence-corrected chi connectivity index (χ2v) is 28.9. The number of para-hydroxylation sites is 2. The van der Waals surface area contributed by atoms with Crippen LogP contribution in [0.3, 0.4) is 0 Å². The van der Waals surface area contributed by atoms with E-state index in [2.05, 4.69) is 284 Å². The Morgan fingerprint density at radius 2 is 0.510 bits per heavy atom. The lowest BCUT2D eigenvalue weighted by Gasteiger charge is -2.44. The molecule has 464 valence electrons. The third kappa shape index (κ3) is 8.47. The molecule has 12 aromatic carbocycles. The van der Waals surface area contributed by atoms with Crippen LogP contribution in [0, 0.1) is 104 Å². The number of rotatable bonds is 5. The van der Waals surface area contributed by atoms with Crippen LogP contribution >= 0.6 is 0 Å². The number of hydrogen-bond acceptors (Lipinski definition) is 6. The first-order valence-corrected chi connectivity index (χ1v) is 34.0. The first-order chi connectivity index (χ1) is 46.2. The normalized spacial score (nSPS) is 13.6. The van der Waals surface area contributed by atoms with Gasteiger partial charge in [-0.25, -0.2) is 0 Å². The van der Waals surface area contributed by atoms with E-state index < -0.39 is 0 Å². The molecule has 6 aliphatic heterocycles. The summed E-state index contributed by atoms with van der Waals surface area (Å²) in [5.74, 6) is 6.75. The van der Waals surface area contributed by atoms with Crippen molar-refractivity contribution in [3.05, 3.63) is 253 Å². The van der Waals surface area contributed by atoms with Gasteiger partial charge in [-0.1, -0.05) is 137 Å². The summed E-state index contributed by atoms with van der Waals surface area (Å²) in [6.07, 6.45) is 0. The zero-order valence-electron chi connectivity index (χ0n) is 57.4. The highest BCUT2D eigenvalue weighted by Gasteiger charge is 2.50. The van der Waals surface area contributed by atoms with Gasteiger partial charge >= 0.3 is 0 Å². The second kappa shape index (κ2) is 20.8. The van der Waals surface area contributed by atoms with Crippen LogP contribution in [0.1, 0.15) is 83.5 Å². The van der Waals surface area contributed by atoms with E-state index in [1.165, 1.54) is 111 Å². The molecule has 0 atom stereocenters. The molecule has 6 aliphatic rings. The zero-order valence-corrected chi connectivity index (χ0v) is 57.4. The number of anilines is 6. The summed E-state index contributed by atoms with van der Waals surface area (Å²) in [5.41, 5.74) is 42.2. The number of ether oxygens (including phenoxy) is 4. The maximum Gasteiger partial charge on any atom is 0.260 e. The smallest absolute Gasteiger partial charge is 0.260 e. The molecule has 0 N–H and O–H groups in total. The summed E-state index contributed by atoms with van der Waals surface area (Å²) in [7, 11) is 0. The fourth-order valence-corrected chi connectivity index (χ4v) is 18.7. The Labute approximate surface area is 565 Å². The van der Waals surface area contributed by atoms with Crippen molar-refractivity contribution in [3.8, 4) is 79.4 Å². The molecule has 0 unspecified atom stereocenters. The number of hydrogen-bond donors (Lipinski definition) is 0. The van der Waals surface area contributed by atoms with Crippen molar-refractivity contribution >= 4 is 103 Å². The quantitative estimate of drug-likeness (QED) is 0.160. The summed E-state index contributed by atoms with van der Waals surface area (Å²) in [4.78, 5) is 5.13. The molecule has 12 aromatic rings. The average Bonchev–Trinajstić information content (AvgIpc) is 0.690. The maximum atomic E-state index is 7.92. The molecule has 9 heteroatoms. The molecular weight excluding hydrogens is 1170 g/mol. The highest BCUT2D eigenvalue weighted by Crippen LogP contribution is 2.52. The van der Waals surface area contributed by atoms with Gasteiger partial charge in [-0.05, 0) is 285 Å². The highest BCUT2D eigenvalue weighted by molar-refractivity contribution is 7.03. The van der Waals surface area contributed by atoms with Gasteiger partial charge in [0.2, 0.25) is 0 Å². The van der Waals surface area contributed by atoms with E-state index in [1.807, 2.05) is 0 Å². The Kier molecular flexibility index (Phi) is 12.6. The van der Waals surface area contributed by atoms with Gasteiger partial charge in [0.25, 0.3) is 20.1 Å². The number of nitrogens with zero attached hydrogens (tertiary/aromatic N) is 2. The maximum absolute atomic E-state index is 7.92. The van der Waals surface area contributed by atoms with Gasteiger partial charge < -0.3 is 28.7 Å². The first-order valence-electron chi connectivity index (χ1n) is 34.0. The Balaban J connectivity index is 0.948. The minimum absolute atomic E-state index is 0.187. The van der Waals surface area contributed by atoms with E-state index in [-0.39, 0.29) is 20.1 Å². The minimum atomic E-state index is -0.297. The van der Waals surface area contributed by atoms with Crippen molar-refractivity contribution in [2.24, 2.45) is 0 Å². The van der Waals surface area contributed by atoms with Gasteiger partial charge in [0.15, 0.2) is 0 Å². The van der Waals surface area contributed by atoms with Crippen molar-refractivity contribution in [3.63, 3.8) is 0 Å². The lowest BCUT2D eigenvalue weighted by molar-refractivity contribution is 0.465. The van der Waals surface area contributed by atoms with E-state index in [0.29, 0.717) is 0 Å². The van der Waals surface area contributed by atoms with Crippen molar-refractivity contribution in [1.29, 1.82) is 0 Å². The van der Waals surface area contributed by atoms with E-state index in [9.17, 15) is 0 Å². The molecule has 0 fully saturated rings. The summed E-state index contributed by atoms with van der Waals surface area (Å²) < 4.78 is 29.9. The molecule has 0 saturated heterocycles. The Hall–Kier alpha value is -10.4. The summed E-state index contributed by atoms with van der Waals surface area (Å²) in [6.45, 7) is 32.9. The van der Waals surface area contributed by atoms with E-state index >= 15 is 0 Å². The summed E-state index contributed by atoms with van der Waals surface area (Å²) in [6, 6.07) is 64.5. The molecule has 18 rings (SSSR count). The fraction of sp³-hybridized carbons (Fsp3) is 0.172. The van der Waals surface area contributed by atoms with Crippen LogP contribution in [-0.4, -0.2) is 20.1 Å². The number of fused-ring (bicyclic) bond motifs is 12. The molecule has 0 bridgehead atoms. The Bertz CT molecular complexity index is 5430. The van der Waals surface area contributed by atoms with Crippen LogP contribution in [0.15, 0.2) is 170 Å². The van der Waals surface area contributed by atoms with Gasteiger partial charge in [0, 0.05) is 40.3 Å². The first kappa shape index (κ1) is 58.2. The van der Waals surface area contributed by atoms with Crippen LogP contribution in [-0.2, 0) is 0 Å². The second-order valence-electron chi connectivity index (χ2n) is 28.9. The summed E-state index contributed by atoms with van der Waals surface area (Å²) >= 11 is 0. The molecule has 96 heavy (non-hydrogen) atoms. The fourth-order valence-electron chi connectivity index (χ4n) is 18.7. The third-order valence-corrected chi connectivity index (χ3v) is 21.7. The van der Waals surface area contributed by atoms with Crippen molar-refractivity contribution < 1.29 is 18.9 Å². The van der Waals surface area contributed by atoms with E-state index in [0.717, 1.165) is 135 Å². The van der Waals surface area contributed by atoms with Gasteiger partial charge in [-0.2, -0.15) is 0 Å². The molecule has 6 nitrogen and oxygen atoms in total. The topological polar surface area (TPSA) is 43.4 Å². The molecule has 0 aromatic heterocycles. The molecular formula is C87H73B3N2O4. The standard InChI is InChI=1S/C87H73B3N2O4/c1-44-24-49(6)80(50(7)25-44)59-34-70-83-76(36-59)93-72-22-18-16-20-62(72)88(83)64-40-67-75(42-68(64)91(70)86-55(12)30-47(4)31-56(86)13)95-77-37-60(81-51(8)26-45(2)27-52(81)9)35-71-84(77)90(67)65-41-66-74(43-69(65)92(71)87-57(14)32-48(5)33-58(87)15)96-79-39-61(82-53(10)28-46(3)29-54(82)11)38-78-85(79)89(66)63-21-17-19-23-73(63)94-78/h16-43H,1-15H3. The highest BCUT2D eigenvalue weighted by atomic mass is 16.5. The predicted octanol–water partition coefficient (Wildman–Crippen LogP) is 16.9. The Morgan fingerprint density at radius 1 is 0.229 bits per heavy atom. The van der Waals surface area contributed by atoms with Gasteiger partial charge in [0.05, 0.1) is 11.4 Å². The minimum Gasteiger partial charge on any atom is -0.458 e. The molecule has 0 aliphatic carbocycles. The summed E-state index contributed by atoms with van der Waals surface area (Å²) in [5, 5.41) is 0. The Morgan fingerprint density at radius 3 is 0.865 bits per heavy atom. The average molecular weight is 1240 g/mol. The molecule has 0 amide bonds. The van der Waals surface area contributed by atoms with E-state index in [4.69, 9.17) is 18.9 Å². The van der Waals surface area contributed by atoms with Crippen molar-refractivity contribution in [2.75, 3.05) is 9.80 Å². The van der Waals surface area contributed by atoms with Crippen molar-refractivity contribution in [1.82, 2.24) is 0 Å². The number of aryl methyl sites for hydroxylation is 15. The van der Waals surface area contributed by atoms with Crippen LogP contribution in [0.4, 0.5) is 34.1 Å². The van der Waals surface area contributed by atoms with Crippen LogP contribution in [0.5, 0.6) is 46.0 Å². The lowest BCUT2D eigenvalue weighted by Crippen LogP contribution is -2.64. The van der Waals surface area contributed by atoms with E-state index in [1.54, 1.807) is 0 Å². The molecule has 0 spiro atoms.